The number of rotatable bonds is 2. The summed E-state index contributed by atoms with van der Waals surface area (Å²) in [7, 11) is -3.69. The van der Waals surface area contributed by atoms with Crippen molar-refractivity contribution < 1.29 is 13.2 Å². The summed E-state index contributed by atoms with van der Waals surface area (Å²) >= 11 is 0. The molecule has 0 saturated heterocycles. The van der Waals surface area contributed by atoms with Crippen molar-refractivity contribution in [3.63, 3.8) is 0 Å². The summed E-state index contributed by atoms with van der Waals surface area (Å²) in [6.07, 6.45) is 0.756. The van der Waals surface area contributed by atoms with Crippen molar-refractivity contribution in [2.45, 2.75) is 18.2 Å². The monoisotopic (exact) mass is 357 g/mol. The van der Waals surface area contributed by atoms with E-state index in [1.165, 1.54) is 11.2 Å². The van der Waals surface area contributed by atoms with Crippen LogP contribution in [0.25, 0.3) is 0 Å². The second-order valence-electron chi connectivity index (χ2n) is 6.23. The number of carbonyl (C=O) groups excluding carboxylic acids is 1. The third-order valence-electron chi connectivity index (χ3n) is 4.72. The van der Waals surface area contributed by atoms with E-state index in [0.29, 0.717) is 31.0 Å². The third-order valence-corrected chi connectivity index (χ3v) is 6.53. The molecule has 7 heteroatoms. The zero-order chi connectivity index (χ0) is 17.6. The van der Waals surface area contributed by atoms with Gasteiger partial charge in [0.25, 0.3) is 10.0 Å². The Balaban J connectivity index is 1.78. The number of para-hydroxylation sites is 2. The van der Waals surface area contributed by atoms with Gasteiger partial charge in [0, 0.05) is 25.7 Å². The lowest BCUT2D eigenvalue weighted by molar-refractivity contribution is -0.116. The van der Waals surface area contributed by atoms with Gasteiger partial charge in [-0.2, -0.15) is 0 Å². The summed E-state index contributed by atoms with van der Waals surface area (Å²) in [6.45, 7) is 3.03. The maximum absolute atomic E-state index is 13.2. The zero-order valence-corrected chi connectivity index (χ0v) is 14.7. The average Bonchev–Trinajstić information content (AvgIpc) is 3.04. The number of hydrogen-bond acceptors (Lipinski definition) is 4. The highest BCUT2D eigenvalue weighted by molar-refractivity contribution is 7.92. The molecule has 2 heterocycles. The smallest absolute Gasteiger partial charge is 0.264 e. The molecule has 1 amide bonds. The zero-order valence-electron chi connectivity index (χ0n) is 13.9. The molecular formula is C18H19N3O3S. The number of benzene rings is 2. The molecule has 0 bridgehead atoms. The summed E-state index contributed by atoms with van der Waals surface area (Å²) in [5.74, 6) is -0.0687. The molecule has 2 aliphatic rings. The van der Waals surface area contributed by atoms with Crippen LogP contribution in [0.2, 0.25) is 0 Å². The molecule has 25 heavy (non-hydrogen) atoms. The number of nitrogens with one attached hydrogen (secondary N) is 1. The van der Waals surface area contributed by atoms with Gasteiger partial charge < -0.3 is 10.2 Å². The summed E-state index contributed by atoms with van der Waals surface area (Å²) in [6, 6.07) is 12.5. The van der Waals surface area contributed by atoms with Crippen LogP contribution in [0.4, 0.5) is 17.1 Å². The quantitative estimate of drug-likeness (QED) is 0.895. The Morgan fingerprint density at radius 3 is 2.68 bits per heavy atom. The Morgan fingerprint density at radius 2 is 1.88 bits per heavy atom. The molecule has 0 unspecified atom stereocenters. The van der Waals surface area contributed by atoms with E-state index in [1.807, 2.05) is 24.3 Å². The maximum atomic E-state index is 13.2. The van der Waals surface area contributed by atoms with Crippen molar-refractivity contribution in [3.8, 4) is 0 Å². The second kappa shape index (κ2) is 5.77. The van der Waals surface area contributed by atoms with Gasteiger partial charge in [0.2, 0.25) is 5.91 Å². The molecule has 2 aliphatic heterocycles. The van der Waals surface area contributed by atoms with Gasteiger partial charge in [-0.3, -0.25) is 9.10 Å². The Hall–Kier alpha value is -2.54. The molecule has 1 N–H and O–H groups in total. The van der Waals surface area contributed by atoms with Gasteiger partial charge in [0.1, 0.15) is 0 Å². The fraction of sp³-hybridized carbons (Fsp3) is 0.278. The molecule has 130 valence electrons. The number of sulfonamides is 1. The summed E-state index contributed by atoms with van der Waals surface area (Å²) in [5.41, 5.74) is 3.17. The van der Waals surface area contributed by atoms with Crippen LogP contribution in [0.3, 0.4) is 0 Å². The lowest BCUT2D eigenvalue weighted by Gasteiger charge is -2.31. The van der Waals surface area contributed by atoms with Crippen LogP contribution in [0, 0.1) is 0 Å². The molecule has 0 radical (unpaired) electrons. The van der Waals surface area contributed by atoms with Gasteiger partial charge in [-0.15, -0.1) is 0 Å². The van der Waals surface area contributed by atoms with E-state index in [1.54, 1.807) is 23.1 Å². The topological polar surface area (TPSA) is 69.7 Å². The van der Waals surface area contributed by atoms with E-state index in [0.717, 1.165) is 17.7 Å². The van der Waals surface area contributed by atoms with E-state index in [4.69, 9.17) is 0 Å². The first-order valence-electron chi connectivity index (χ1n) is 8.25. The highest BCUT2D eigenvalue weighted by Gasteiger charge is 2.31. The lowest BCUT2D eigenvalue weighted by atomic mass is 10.2. The number of fused-ring (bicyclic) bond motifs is 2. The Labute approximate surface area is 147 Å². The van der Waals surface area contributed by atoms with Crippen LogP contribution in [0.1, 0.15) is 12.5 Å². The summed E-state index contributed by atoms with van der Waals surface area (Å²) in [5, 5.41) is 3.22. The molecule has 6 nitrogen and oxygen atoms in total. The van der Waals surface area contributed by atoms with E-state index >= 15 is 0 Å². The molecule has 4 rings (SSSR count). The normalized spacial score (nSPS) is 16.2. The second-order valence-corrected chi connectivity index (χ2v) is 8.09. The molecule has 2 aromatic rings. The number of anilines is 3. The van der Waals surface area contributed by atoms with Gasteiger partial charge in [-0.05, 0) is 36.2 Å². The highest BCUT2D eigenvalue weighted by Crippen LogP contribution is 2.36. The Kier molecular flexibility index (Phi) is 3.68. The largest absolute Gasteiger partial charge is 0.382 e. The van der Waals surface area contributed by atoms with E-state index in [-0.39, 0.29) is 10.8 Å². The van der Waals surface area contributed by atoms with Crippen molar-refractivity contribution in [1.29, 1.82) is 0 Å². The number of carbonyl (C=O) groups is 1. The predicted molar refractivity (Wildman–Crippen MR) is 97.6 cm³/mol. The SMILES string of the molecule is CC(=O)N1CCc2ccc(S(=O)(=O)N3CCNc4ccccc43)cc21. The van der Waals surface area contributed by atoms with Gasteiger partial charge in [0.15, 0.2) is 0 Å². The van der Waals surface area contributed by atoms with Crippen molar-refractivity contribution in [3.05, 3.63) is 48.0 Å². The summed E-state index contributed by atoms with van der Waals surface area (Å²) in [4.78, 5) is 13.7. The van der Waals surface area contributed by atoms with Crippen LogP contribution in [-0.2, 0) is 21.2 Å². The standard InChI is InChI=1S/C18H19N3O3S/c1-13(22)20-10-8-14-6-7-15(12-18(14)20)25(23,24)21-11-9-19-16-4-2-3-5-17(16)21/h2-7,12,19H,8-11H2,1H3. The van der Waals surface area contributed by atoms with Gasteiger partial charge >= 0.3 is 0 Å². The molecule has 2 aromatic carbocycles. The van der Waals surface area contributed by atoms with Crippen molar-refractivity contribution in [1.82, 2.24) is 0 Å². The molecule has 0 fully saturated rings. The van der Waals surface area contributed by atoms with E-state index < -0.39 is 10.0 Å². The van der Waals surface area contributed by atoms with Gasteiger partial charge in [0.05, 0.1) is 22.8 Å². The van der Waals surface area contributed by atoms with Crippen LogP contribution >= 0.6 is 0 Å². The molecular weight excluding hydrogens is 338 g/mol. The minimum Gasteiger partial charge on any atom is -0.382 e. The lowest BCUT2D eigenvalue weighted by Crippen LogP contribution is -2.38. The van der Waals surface area contributed by atoms with Crippen molar-refractivity contribution in [2.24, 2.45) is 0 Å². The fourth-order valence-corrected chi connectivity index (χ4v) is 4.98. The van der Waals surface area contributed by atoms with Crippen molar-refractivity contribution >= 4 is 33.0 Å². The molecule has 0 atom stereocenters. The summed E-state index contributed by atoms with van der Waals surface area (Å²) < 4.78 is 27.9. The molecule has 0 saturated carbocycles. The Bertz CT molecular complexity index is 956. The number of nitrogens with zero attached hydrogens (tertiary/aromatic N) is 2. The van der Waals surface area contributed by atoms with Crippen molar-refractivity contribution in [2.75, 3.05) is 34.2 Å². The fourth-order valence-electron chi connectivity index (χ4n) is 3.48. The van der Waals surface area contributed by atoms with Crippen LogP contribution in [0.15, 0.2) is 47.4 Å². The van der Waals surface area contributed by atoms with Crippen LogP contribution in [0.5, 0.6) is 0 Å². The van der Waals surface area contributed by atoms with E-state index in [2.05, 4.69) is 5.32 Å². The number of amides is 1. The highest BCUT2D eigenvalue weighted by atomic mass is 32.2. The molecule has 0 spiro atoms. The van der Waals surface area contributed by atoms with E-state index in [9.17, 15) is 13.2 Å². The predicted octanol–water partition coefficient (Wildman–Crippen LogP) is 2.22. The average molecular weight is 357 g/mol. The molecule has 0 aromatic heterocycles. The third kappa shape index (κ3) is 2.55. The minimum absolute atomic E-state index is 0.0687. The minimum atomic E-state index is -3.69. The molecule has 0 aliphatic carbocycles. The first-order valence-corrected chi connectivity index (χ1v) is 9.69. The first-order chi connectivity index (χ1) is 12.0. The van der Waals surface area contributed by atoms with Gasteiger partial charge in [-0.25, -0.2) is 8.42 Å². The van der Waals surface area contributed by atoms with Gasteiger partial charge in [-0.1, -0.05) is 18.2 Å². The maximum Gasteiger partial charge on any atom is 0.264 e. The number of hydrogen-bond donors (Lipinski definition) is 1. The Morgan fingerprint density at radius 1 is 1.08 bits per heavy atom. The first kappa shape index (κ1) is 16.0. The van der Waals surface area contributed by atoms with Crippen LogP contribution in [-0.4, -0.2) is 34.0 Å². The van der Waals surface area contributed by atoms with Crippen LogP contribution < -0.4 is 14.5 Å².